The standard InChI is InChI=1S/C30H29N3O5/c1-32-18-23(20-7-5-6-10-24(20)32)28-27(21-8-3-4-9-22(21)30(35)33(28)13-14-36-2)29(34)31-19-11-12-25-26(17-19)38-16-15-37-25/h3-12,17-18,27-28H,13-16H2,1-2H3,(H,31,34)/t27-,28-/m0/s1. The molecular formula is C30H29N3O5. The highest BCUT2D eigenvalue weighted by Gasteiger charge is 2.45. The number of benzene rings is 3. The minimum Gasteiger partial charge on any atom is -0.486 e. The second-order valence-electron chi connectivity index (χ2n) is 9.56. The first-order valence-electron chi connectivity index (χ1n) is 12.7. The van der Waals surface area contributed by atoms with E-state index in [-0.39, 0.29) is 11.8 Å². The van der Waals surface area contributed by atoms with Gasteiger partial charge in [-0.2, -0.15) is 0 Å². The molecule has 1 N–H and O–H groups in total. The number of aromatic nitrogens is 1. The van der Waals surface area contributed by atoms with Crippen molar-refractivity contribution in [2.24, 2.45) is 7.05 Å². The molecule has 0 unspecified atom stereocenters. The van der Waals surface area contributed by atoms with Crippen LogP contribution in [0.5, 0.6) is 11.5 Å². The maximum absolute atomic E-state index is 14.2. The predicted molar refractivity (Wildman–Crippen MR) is 144 cm³/mol. The largest absolute Gasteiger partial charge is 0.486 e. The lowest BCUT2D eigenvalue weighted by atomic mass is 9.79. The Hall–Kier alpha value is -4.30. The molecule has 3 aromatic carbocycles. The molecule has 0 radical (unpaired) electrons. The van der Waals surface area contributed by atoms with Crippen molar-refractivity contribution in [1.29, 1.82) is 0 Å². The number of aryl methyl sites for hydroxylation is 1. The number of fused-ring (bicyclic) bond motifs is 3. The van der Waals surface area contributed by atoms with Gasteiger partial charge in [0.25, 0.3) is 5.91 Å². The van der Waals surface area contributed by atoms with Crippen LogP contribution in [-0.2, 0) is 16.6 Å². The summed E-state index contributed by atoms with van der Waals surface area (Å²) < 4.78 is 18.8. The lowest BCUT2D eigenvalue weighted by Crippen LogP contribution is -2.47. The molecule has 8 nitrogen and oxygen atoms in total. The van der Waals surface area contributed by atoms with Crippen LogP contribution in [-0.4, -0.2) is 54.8 Å². The van der Waals surface area contributed by atoms with Gasteiger partial charge in [-0.1, -0.05) is 36.4 Å². The van der Waals surface area contributed by atoms with E-state index in [4.69, 9.17) is 14.2 Å². The first kappa shape index (κ1) is 24.1. The molecule has 3 heterocycles. The average molecular weight is 512 g/mol. The van der Waals surface area contributed by atoms with Crippen LogP contribution in [0.25, 0.3) is 10.9 Å². The summed E-state index contributed by atoms with van der Waals surface area (Å²) in [6.07, 6.45) is 2.03. The fraction of sp³-hybridized carbons (Fsp3) is 0.267. The molecule has 1 aromatic heterocycles. The molecule has 0 spiro atoms. The normalized spacial score (nSPS) is 18.4. The minimum atomic E-state index is -0.653. The third-order valence-corrected chi connectivity index (χ3v) is 7.31. The molecule has 0 fully saturated rings. The number of hydrogen-bond acceptors (Lipinski definition) is 5. The summed E-state index contributed by atoms with van der Waals surface area (Å²) in [5.74, 6) is 0.281. The summed E-state index contributed by atoms with van der Waals surface area (Å²) in [5, 5.41) is 4.10. The van der Waals surface area contributed by atoms with Crippen molar-refractivity contribution in [3.63, 3.8) is 0 Å². The number of carbonyl (C=O) groups excluding carboxylic acids is 2. The van der Waals surface area contributed by atoms with Gasteiger partial charge in [0.05, 0.1) is 18.6 Å². The highest BCUT2D eigenvalue weighted by molar-refractivity contribution is 6.05. The van der Waals surface area contributed by atoms with Crippen LogP contribution < -0.4 is 14.8 Å². The van der Waals surface area contributed by atoms with Crippen LogP contribution in [0.1, 0.15) is 33.4 Å². The molecule has 0 aliphatic carbocycles. The molecule has 4 aromatic rings. The summed E-state index contributed by atoms with van der Waals surface area (Å²) >= 11 is 0. The molecule has 0 bridgehead atoms. The summed E-state index contributed by atoms with van der Waals surface area (Å²) in [6, 6.07) is 20.3. The van der Waals surface area contributed by atoms with Crippen LogP contribution >= 0.6 is 0 Å². The Bertz CT molecular complexity index is 1530. The van der Waals surface area contributed by atoms with Crippen LogP contribution in [0.15, 0.2) is 72.9 Å². The van der Waals surface area contributed by atoms with E-state index in [1.807, 2.05) is 60.3 Å². The lowest BCUT2D eigenvalue weighted by Gasteiger charge is -2.41. The SMILES string of the molecule is COCCN1C(=O)c2ccccc2[C@H](C(=O)Nc2ccc3c(c2)OCCO3)[C@@H]1c1cn(C)c2ccccc12. The van der Waals surface area contributed by atoms with E-state index in [0.717, 1.165) is 16.5 Å². The molecule has 0 saturated heterocycles. The molecule has 6 rings (SSSR count). The Morgan fingerprint density at radius 1 is 1.00 bits per heavy atom. The molecule has 194 valence electrons. The van der Waals surface area contributed by atoms with Gasteiger partial charge in [0.1, 0.15) is 13.2 Å². The van der Waals surface area contributed by atoms with E-state index in [0.29, 0.717) is 54.7 Å². The number of methoxy groups -OCH3 is 1. The van der Waals surface area contributed by atoms with Crippen molar-refractivity contribution >= 4 is 28.4 Å². The molecule has 38 heavy (non-hydrogen) atoms. The third-order valence-electron chi connectivity index (χ3n) is 7.31. The lowest BCUT2D eigenvalue weighted by molar-refractivity contribution is -0.119. The second-order valence-corrected chi connectivity index (χ2v) is 9.56. The maximum Gasteiger partial charge on any atom is 0.254 e. The average Bonchev–Trinajstić information content (AvgIpc) is 3.28. The Labute approximate surface area is 220 Å². The van der Waals surface area contributed by atoms with Crippen molar-refractivity contribution in [3.05, 3.63) is 89.6 Å². The fourth-order valence-corrected chi connectivity index (χ4v) is 5.61. The second kappa shape index (κ2) is 9.87. The number of nitrogens with one attached hydrogen (secondary N) is 1. The number of rotatable bonds is 6. The van der Waals surface area contributed by atoms with Crippen LogP contribution in [0.4, 0.5) is 5.69 Å². The van der Waals surface area contributed by atoms with E-state index in [9.17, 15) is 9.59 Å². The topological polar surface area (TPSA) is 82.0 Å². The Morgan fingerprint density at radius 2 is 1.76 bits per heavy atom. The number of nitrogens with zero attached hydrogens (tertiary/aromatic N) is 2. The zero-order valence-electron chi connectivity index (χ0n) is 21.3. The van der Waals surface area contributed by atoms with Crippen molar-refractivity contribution < 1.29 is 23.8 Å². The fourth-order valence-electron chi connectivity index (χ4n) is 5.61. The zero-order valence-corrected chi connectivity index (χ0v) is 21.3. The van der Waals surface area contributed by atoms with E-state index in [2.05, 4.69) is 5.32 Å². The van der Waals surface area contributed by atoms with E-state index < -0.39 is 12.0 Å². The number of para-hydroxylation sites is 1. The third kappa shape index (κ3) is 4.07. The molecule has 0 saturated carbocycles. The van der Waals surface area contributed by atoms with Crippen molar-refractivity contribution in [1.82, 2.24) is 9.47 Å². The van der Waals surface area contributed by atoms with Crippen LogP contribution in [0.3, 0.4) is 0 Å². The summed E-state index contributed by atoms with van der Waals surface area (Å²) in [5.41, 5.74) is 3.80. The van der Waals surface area contributed by atoms with Gasteiger partial charge in [0.2, 0.25) is 5.91 Å². The van der Waals surface area contributed by atoms with E-state index in [1.165, 1.54) is 0 Å². The summed E-state index contributed by atoms with van der Waals surface area (Å²) in [6.45, 7) is 1.66. The smallest absolute Gasteiger partial charge is 0.254 e. The number of hydrogen-bond donors (Lipinski definition) is 1. The Balaban J connectivity index is 1.48. The molecule has 2 amide bonds. The monoisotopic (exact) mass is 511 g/mol. The van der Waals surface area contributed by atoms with Gasteiger partial charge in [-0.15, -0.1) is 0 Å². The van der Waals surface area contributed by atoms with E-state index >= 15 is 0 Å². The summed E-state index contributed by atoms with van der Waals surface area (Å²) in [7, 11) is 3.59. The van der Waals surface area contributed by atoms with Gasteiger partial charge in [0, 0.05) is 60.7 Å². The number of anilines is 1. The zero-order chi connectivity index (χ0) is 26.2. The molecule has 2 aliphatic heterocycles. The quantitative estimate of drug-likeness (QED) is 0.412. The van der Waals surface area contributed by atoms with E-state index in [1.54, 1.807) is 36.3 Å². The Kier molecular flexibility index (Phi) is 6.25. The molecule has 2 atom stereocenters. The van der Waals surface area contributed by atoms with Gasteiger partial charge in [-0.3, -0.25) is 9.59 Å². The van der Waals surface area contributed by atoms with Crippen molar-refractivity contribution in [2.75, 3.05) is 38.8 Å². The van der Waals surface area contributed by atoms with Crippen molar-refractivity contribution in [3.8, 4) is 11.5 Å². The number of ether oxygens (including phenoxy) is 3. The predicted octanol–water partition coefficient (Wildman–Crippen LogP) is 4.52. The highest BCUT2D eigenvalue weighted by atomic mass is 16.6. The first-order chi connectivity index (χ1) is 18.6. The van der Waals surface area contributed by atoms with Crippen molar-refractivity contribution in [2.45, 2.75) is 12.0 Å². The van der Waals surface area contributed by atoms with Gasteiger partial charge in [-0.05, 0) is 29.8 Å². The number of amides is 2. The molecule has 2 aliphatic rings. The van der Waals surface area contributed by atoms with Crippen LogP contribution in [0.2, 0.25) is 0 Å². The first-order valence-corrected chi connectivity index (χ1v) is 12.7. The Morgan fingerprint density at radius 3 is 2.61 bits per heavy atom. The number of carbonyl (C=O) groups is 2. The van der Waals surface area contributed by atoms with Gasteiger partial charge in [0.15, 0.2) is 11.5 Å². The summed E-state index contributed by atoms with van der Waals surface area (Å²) in [4.78, 5) is 29.8. The maximum atomic E-state index is 14.2. The molecule has 8 heteroatoms. The minimum absolute atomic E-state index is 0.112. The van der Waals surface area contributed by atoms with Gasteiger partial charge < -0.3 is 29.0 Å². The highest BCUT2D eigenvalue weighted by Crippen LogP contribution is 2.45. The van der Waals surface area contributed by atoms with Gasteiger partial charge in [-0.25, -0.2) is 0 Å². The molecular weight excluding hydrogens is 482 g/mol. The van der Waals surface area contributed by atoms with Crippen LogP contribution in [0, 0.1) is 0 Å². The van der Waals surface area contributed by atoms with Gasteiger partial charge >= 0.3 is 0 Å².